The quantitative estimate of drug-likeness (QED) is 0.765. The zero-order valence-electron chi connectivity index (χ0n) is 12.2. The normalized spacial score (nSPS) is 10.2. The predicted molar refractivity (Wildman–Crippen MR) is 80.5 cm³/mol. The fraction of sp³-hybridized carbons (Fsp3) is 0.250. The third-order valence-electron chi connectivity index (χ3n) is 2.93. The second-order valence-corrected chi connectivity index (χ2v) is 4.69. The molecule has 0 aliphatic rings. The van der Waals surface area contributed by atoms with Gasteiger partial charge in [0.2, 0.25) is 0 Å². The summed E-state index contributed by atoms with van der Waals surface area (Å²) >= 11 is 0. The Labute approximate surface area is 127 Å². The van der Waals surface area contributed by atoms with Crippen LogP contribution in [0.15, 0.2) is 41.0 Å². The van der Waals surface area contributed by atoms with E-state index in [1.165, 1.54) is 6.07 Å². The number of aromatic carboxylic acids is 1. The van der Waals surface area contributed by atoms with Crippen molar-refractivity contribution in [1.29, 1.82) is 0 Å². The number of amides is 1. The van der Waals surface area contributed by atoms with E-state index in [0.29, 0.717) is 18.0 Å². The molecule has 1 aromatic carbocycles. The van der Waals surface area contributed by atoms with Gasteiger partial charge in [0.05, 0.1) is 12.2 Å². The first-order valence-electron chi connectivity index (χ1n) is 6.96. The number of hydrogen-bond donors (Lipinski definition) is 2. The van der Waals surface area contributed by atoms with Gasteiger partial charge in [-0.25, -0.2) is 4.79 Å². The summed E-state index contributed by atoms with van der Waals surface area (Å²) in [4.78, 5) is 22.7. The van der Waals surface area contributed by atoms with E-state index in [4.69, 9.17) is 14.3 Å². The molecule has 0 aliphatic heterocycles. The second-order valence-electron chi connectivity index (χ2n) is 4.69. The highest BCUT2D eigenvalue weighted by Gasteiger charge is 2.14. The summed E-state index contributed by atoms with van der Waals surface area (Å²) in [7, 11) is 0. The standard InChI is InChI=1S/C16H17NO5/c1-2-3-7-21-13-6-4-5-12(9-13)17-15(18)14-8-11(10-22-14)16(19)20/h4-6,8-10H,2-3,7H2,1H3,(H,17,18)(H,19,20). The van der Waals surface area contributed by atoms with Crippen molar-refractivity contribution >= 4 is 17.6 Å². The van der Waals surface area contributed by atoms with E-state index in [9.17, 15) is 9.59 Å². The van der Waals surface area contributed by atoms with Gasteiger partial charge in [-0.2, -0.15) is 0 Å². The Balaban J connectivity index is 2.01. The van der Waals surface area contributed by atoms with Gasteiger partial charge < -0.3 is 19.6 Å². The number of carboxylic acids is 1. The molecule has 0 radical (unpaired) electrons. The monoisotopic (exact) mass is 303 g/mol. The van der Waals surface area contributed by atoms with Crippen molar-refractivity contribution in [3.05, 3.63) is 47.9 Å². The van der Waals surface area contributed by atoms with Crippen LogP contribution in [0.1, 0.15) is 40.7 Å². The Morgan fingerprint density at radius 1 is 1.32 bits per heavy atom. The largest absolute Gasteiger partial charge is 0.494 e. The van der Waals surface area contributed by atoms with Crippen LogP contribution in [0.2, 0.25) is 0 Å². The molecule has 0 saturated heterocycles. The van der Waals surface area contributed by atoms with Crippen LogP contribution in [0, 0.1) is 0 Å². The Hall–Kier alpha value is -2.76. The highest BCUT2D eigenvalue weighted by atomic mass is 16.5. The van der Waals surface area contributed by atoms with E-state index in [2.05, 4.69) is 12.2 Å². The fourth-order valence-electron chi connectivity index (χ4n) is 1.76. The molecule has 0 saturated carbocycles. The lowest BCUT2D eigenvalue weighted by Gasteiger charge is -2.08. The smallest absolute Gasteiger partial charge is 0.338 e. The van der Waals surface area contributed by atoms with Gasteiger partial charge in [-0.05, 0) is 18.6 Å². The number of nitrogens with one attached hydrogen (secondary N) is 1. The molecule has 0 aliphatic carbocycles. The average molecular weight is 303 g/mol. The van der Waals surface area contributed by atoms with Crippen molar-refractivity contribution in [2.45, 2.75) is 19.8 Å². The van der Waals surface area contributed by atoms with E-state index in [1.54, 1.807) is 24.3 Å². The molecule has 1 heterocycles. The molecule has 1 amide bonds. The van der Waals surface area contributed by atoms with Crippen molar-refractivity contribution in [2.24, 2.45) is 0 Å². The van der Waals surface area contributed by atoms with Gasteiger partial charge in [0, 0.05) is 17.8 Å². The molecule has 116 valence electrons. The van der Waals surface area contributed by atoms with Crippen molar-refractivity contribution < 1.29 is 23.8 Å². The van der Waals surface area contributed by atoms with Crippen LogP contribution < -0.4 is 10.1 Å². The van der Waals surface area contributed by atoms with E-state index >= 15 is 0 Å². The van der Waals surface area contributed by atoms with Crippen molar-refractivity contribution in [3.8, 4) is 5.75 Å². The van der Waals surface area contributed by atoms with Crippen LogP contribution in [-0.2, 0) is 0 Å². The van der Waals surface area contributed by atoms with Crippen molar-refractivity contribution in [3.63, 3.8) is 0 Å². The van der Waals surface area contributed by atoms with Gasteiger partial charge in [0.15, 0.2) is 5.76 Å². The van der Waals surface area contributed by atoms with E-state index in [1.807, 2.05) is 0 Å². The zero-order valence-corrected chi connectivity index (χ0v) is 12.2. The predicted octanol–water partition coefficient (Wildman–Crippen LogP) is 3.41. The third kappa shape index (κ3) is 4.12. The Morgan fingerprint density at radius 2 is 2.14 bits per heavy atom. The first kappa shape index (κ1) is 15.6. The molecule has 0 unspecified atom stereocenters. The molecule has 0 fully saturated rings. The fourth-order valence-corrected chi connectivity index (χ4v) is 1.76. The van der Waals surface area contributed by atoms with Gasteiger partial charge in [-0.1, -0.05) is 19.4 Å². The summed E-state index contributed by atoms with van der Waals surface area (Å²) in [6.45, 7) is 2.70. The molecular formula is C16H17NO5. The first-order chi connectivity index (χ1) is 10.6. The summed E-state index contributed by atoms with van der Waals surface area (Å²) < 4.78 is 10.5. The Morgan fingerprint density at radius 3 is 2.82 bits per heavy atom. The van der Waals surface area contributed by atoms with Gasteiger partial charge in [-0.15, -0.1) is 0 Å². The number of hydrogen-bond acceptors (Lipinski definition) is 4. The second kappa shape index (κ2) is 7.31. The molecule has 1 aromatic heterocycles. The maximum Gasteiger partial charge on any atom is 0.338 e. The number of furan rings is 1. The Kier molecular flexibility index (Phi) is 5.19. The maximum absolute atomic E-state index is 12.0. The van der Waals surface area contributed by atoms with Gasteiger partial charge in [0.25, 0.3) is 5.91 Å². The molecule has 6 heteroatoms. The summed E-state index contributed by atoms with van der Waals surface area (Å²) in [5.41, 5.74) is 0.481. The number of anilines is 1. The Bertz CT molecular complexity index is 662. The summed E-state index contributed by atoms with van der Waals surface area (Å²) in [5.74, 6) is -1.06. The van der Waals surface area contributed by atoms with Crippen LogP contribution >= 0.6 is 0 Å². The molecule has 0 spiro atoms. The maximum atomic E-state index is 12.0. The SMILES string of the molecule is CCCCOc1cccc(NC(=O)c2cc(C(=O)O)co2)c1. The molecule has 0 atom stereocenters. The molecule has 2 N–H and O–H groups in total. The average Bonchev–Trinajstić information content (AvgIpc) is 2.98. The van der Waals surface area contributed by atoms with Gasteiger partial charge in [-0.3, -0.25) is 4.79 Å². The van der Waals surface area contributed by atoms with E-state index in [0.717, 1.165) is 19.1 Å². The molecule has 2 rings (SSSR count). The number of ether oxygens (including phenoxy) is 1. The summed E-state index contributed by atoms with van der Waals surface area (Å²) in [6.07, 6.45) is 3.03. The lowest BCUT2D eigenvalue weighted by Crippen LogP contribution is -2.11. The van der Waals surface area contributed by atoms with Crippen molar-refractivity contribution in [1.82, 2.24) is 0 Å². The molecule has 2 aromatic rings. The van der Waals surface area contributed by atoms with Crippen LogP contribution in [0.5, 0.6) is 5.75 Å². The van der Waals surface area contributed by atoms with Crippen LogP contribution in [0.25, 0.3) is 0 Å². The van der Waals surface area contributed by atoms with Crippen LogP contribution in [-0.4, -0.2) is 23.6 Å². The number of carbonyl (C=O) groups is 2. The number of unbranched alkanes of at least 4 members (excludes halogenated alkanes) is 1. The van der Waals surface area contributed by atoms with Gasteiger partial charge >= 0.3 is 5.97 Å². The van der Waals surface area contributed by atoms with Gasteiger partial charge in [0.1, 0.15) is 12.0 Å². The van der Waals surface area contributed by atoms with E-state index < -0.39 is 11.9 Å². The highest BCUT2D eigenvalue weighted by molar-refractivity contribution is 6.03. The third-order valence-corrected chi connectivity index (χ3v) is 2.93. The topological polar surface area (TPSA) is 88.8 Å². The van der Waals surface area contributed by atoms with Crippen LogP contribution in [0.4, 0.5) is 5.69 Å². The lowest BCUT2D eigenvalue weighted by molar-refractivity contribution is 0.0696. The molecular weight excluding hydrogens is 286 g/mol. The molecule has 6 nitrogen and oxygen atoms in total. The first-order valence-corrected chi connectivity index (χ1v) is 6.96. The number of carboxylic acid groups (broad SMARTS) is 1. The zero-order chi connectivity index (χ0) is 15.9. The number of rotatable bonds is 7. The van der Waals surface area contributed by atoms with E-state index in [-0.39, 0.29) is 11.3 Å². The van der Waals surface area contributed by atoms with Crippen LogP contribution in [0.3, 0.4) is 0 Å². The number of benzene rings is 1. The molecule has 22 heavy (non-hydrogen) atoms. The molecule has 0 bridgehead atoms. The van der Waals surface area contributed by atoms with Crippen molar-refractivity contribution in [2.75, 3.05) is 11.9 Å². The summed E-state index contributed by atoms with van der Waals surface area (Å²) in [6, 6.07) is 8.17. The summed E-state index contributed by atoms with van der Waals surface area (Å²) in [5, 5.41) is 11.4. The number of carbonyl (C=O) groups excluding carboxylic acids is 1. The highest BCUT2D eigenvalue weighted by Crippen LogP contribution is 2.19. The minimum absolute atomic E-state index is 0.0605. The lowest BCUT2D eigenvalue weighted by atomic mass is 10.2. The minimum atomic E-state index is -1.14. The minimum Gasteiger partial charge on any atom is -0.494 e.